The third-order valence-electron chi connectivity index (χ3n) is 2.52. The molecule has 0 bridgehead atoms. The molecule has 2 aromatic rings. The molecule has 0 aliphatic rings. The van der Waals surface area contributed by atoms with Crippen molar-refractivity contribution in [2.75, 3.05) is 0 Å². The first kappa shape index (κ1) is 14.4. The fourth-order valence-corrected chi connectivity index (χ4v) is 2.07. The Kier molecular flexibility index (Phi) is 4.30. The van der Waals surface area contributed by atoms with Gasteiger partial charge in [-0.1, -0.05) is 6.07 Å². The number of rotatable bonds is 3. The highest BCUT2D eigenvalue weighted by molar-refractivity contribution is 9.10. The molecular formula is C14H7BrF3NO. The summed E-state index contributed by atoms with van der Waals surface area (Å²) in [6.07, 6.45) is 0. The smallest absolute Gasteiger partial charge is 0.169 e. The Balaban J connectivity index is 2.20. The van der Waals surface area contributed by atoms with Crippen LogP contribution in [0.3, 0.4) is 0 Å². The summed E-state index contributed by atoms with van der Waals surface area (Å²) in [5.41, 5.74) is 0.347. The number of ether oxygens (including phenoxy) is 1. The monoisotopic (exact) mass is 341 g/mol. The van der Waals surface area contributed by atoms with Gasteiger partial charge in [0.25, 0.3) is 0 Å². The second kappa shape index (κ2) is 5.97. The predicted molar refractivity (Wildman–Crippen MR) is 69.5 cm³/mol. The van der Waals surface area contributed by atoms with Crippen LogP contribution in [0.15, 0.2) is 34.8 Å². The quantitative estimate of drug-likeness (QED) is 0.832. The lowest BCUT2D eigenvalue weighted by Crippen LogP contribution is -2.01. The Morgan fingerprint density at radius 2 is 1.85 bits per heavy atom. The molecule has 102 valence electrons. The Morgan fingerprint density at radius 3 is 2.45 bits per heavy atom. The minimum atomic E-state index is -0.883. The van der Waals surface area contributed by atoms with Crippen molar-refractivity contribution in [1.82, 2.24) is 0 Å². The van der Waals surface area contributed by atoms with Crippen molar-refractivity contribution in [3.05, 3.63) is 63.4 Å². The Hall–Kier alpha value is -2.00. The minimum absolute atomic E-state index is 0.101. The molecule has 2 aromatic carbocycles. The summed E-state index contributed by atoms with van der Waals surface area (Å²) in [4.78, 5) is 0. The number of benzene rings is 2. The lowest BCUT2D eigenvalue weighted by molar-refractivity contribution is 0.282. The molecular weight excluding hydrogens is 335 g/mol. The first-order valence-corrected chi connectivity index (χ1v) is 6.26. The van der Waals surface area contributed by atoms with Gasteiger partial charge in [0.1, 0.15) is 18.2 Å². The van der Waals surface area contributed by atoms with Crippen LogP contribution in [0.1, 0.15) is 11.1 Å². The van der Waals surface area contributed by atoms with Crippen LogP contribution in [0, 0.1) is 28.8 Å². The molecule has 0 heterocycles. The molecule has 2 rings (SSSR count). The summed E-state index contributed by atoms with van der Waals surface area (Å²) in [5, 5.41) is 8.62. The van der Waals surface area contributed by atoms with Gasteiger partial charge in [-0.05, 0) is 34.1 Å². The van der Waals surface area contributed by atoms with Crippen LogP contribution in [0.2, 0.25) is 0 Å². The van der Waals surface area contributed by atoms with Crippen molar-refractivity contribution in [3.8, 4) is 11.8 Å². The number of nitrogens with zero attached hydrogens (tertiary/aromatic N) is 1. The minimum Gasteiger partial charge on any atom is -0.485 e. The van der Waals surface area contributed by atoms with Crippen LogP contribution in [-0.2, 0) is 6.61 Å². The standard InChI is InChI=1S/C14H7BrF3NO/c15-11-4-10(16)5-13(18)14(11)20-7-9-2-1-8(6-19)3-12(9)17/h1-5H,7H2. The molecule has 0 aliphatic heterocycles. The third kappa shape index (κ3) is 3.11. The topological polar surface area (TPSA) is 33.0 Å². The molecule has 0 aromatic heterocycles. The zero-order valence-electron chi connectivity index (χ0n) is 9.96. The second-order valence-electron chi connectivity index (χ2n) is 3.91. The molecule has 0 amide bonds. The zero-order chi connectivity index (χ0) is 14.7. The van der Waals surface area contributed by atoms with Gasteiger partial charge in [-0.3, -0.25) is 0 Å². The van der Waals surface area contributed by atoms with Gasteiger partial charge >= 0.3 is 0 Å². The summed E-state index contributed by atoms with van der Waals surface area (Å²) in [7, 11) is 0. The van der Waals surface area contributed by atoms with Crippen molar-refractivity contribution in [1.29, 1.82) is 5.26 Å². The number of halogens is 4. The second-order valence-corrected chi connectivity index (χ2v) is 4.76. The number of hydrogen-bond acceptors (Lipinski definition) is 2. The summed E-state index contributed by atoms with van der Waals surface area (Å²) in [6.45, 7) is -0.237. The predicted octanol–water partition coefficient (Wildman–Crippen LogP) is 4.32. The Labute approximate surface area is 121 Å². The van der Waals surface area contributed by atoms with Gasteiger partial charge in [0.15, 0.2) is 11.6 Å². The van der Waals surface area contributed by atoms with E-state index in [2.05, 4.69) is 15.9 Å². The Bertz CT molecular complexity index is 674. The first-order valence-electron chi connectivity index (χ1n) is 5.47. The fraction of sp³-hybridized carbons (Fsp3) is 0.0714. The van der Waals surface area contributed by atoms with E-state index >= 15 is 0 Å². The van der Waals surface area contributed by atoms with Crippen molar-refractivity contribution >= 4 is 15.9 Å². The van der Waals surface area contributed by atoms with Crippen LogP contribution in [0.5, 0.6) is 5.75 Å². The molecule has 2 nitrogen and oxygen atoms in total. The van der Waals surface area contributed by atoms with E-state index in [1.54, 1.807) is 6.07 Å². The first-order chi connectivity index (χ1) is 9.51. The van der Waals surface area contributed by atoms with E-state index in [1.165, 1.54) is 12.1 Å². The van der Waals surface area contributed by atoms with E-state index in [4.69, 9.17) is 10.00 Å². The third-order valence-corrected chi connectivity index (χ3v) is 3.11. The van der Waals surface area contributed by atoms with E-state index in [-0.39, 0.29) is 28.0 Å². The van der Waals surface area contributed by atoms with E-state index in [9.17, 15) is 13.2 Å². The average molecular weight is 342 g/mol. The summed E-state index contributed by atoms with van der Waals surface area (Å²) in [5.74, 6) is -2.45. The van der Waals surface area contributed by atoms with Crippen LogP contribution in [-0.4, -0.2) is 0 Å². The average Bonchev–Trinajstić information content (AvgIpc) is 2.39. The van der Waals surface area contributed by atoms with Crippen LogP contribution >= 0.6 is 15.9 Å². The van der Waals surface area contributed by atoms with Gasteiger partial charge in [-0.25, -0.2) is 13.2 Å². The lowest BCUT2D eigenvalue weighted by Gasteiger charge is -2.10. The van der Waals surface area contributed by atoms with E-state index in [1.807, 2.05) is 0 Å². The van der Waals surface area contributed by atoms with Gasteiger partial charge in [0.05, 0.1) is 16.1 Å². The van der Waals surface area contributed by atoms with Gasteiger partial charge in [-0.15, -0.1) is 0 Å². The fourth-order valence-electron chi connectivity index (χ4n) is 1.55. The van der Waals surface area contributed by atoms with Crippen LogP contribution in [0.25, 0.3) is 0 Å². The number of hydrogen-bond donors (Lipinski definition) is 0. The maximum absolute atomic E-state index is 13.6. The highest BCUT2D eigenvalue weighted by Crippen LogP contribution is 2.30. The molecule has 20 heavy (non-hydrogen) atoms. The van der Waals surface area contributed by atoms with Crippen molar-refractivity contribution in [3.63, 3.8) is 0 Å². The van der Waals surface area contributed by atoms with E-state index in [0.717, 1.165) is 12.1 Å². The summed E-state index contributed by atoms with van der Waals surface area (Å²) < 4.78 is 45.3. The van der Waals surface area contributed by atoms with E-state index < -0.39 is 17.5 Å². The molecule has 6 heteroatoms. The van der Waals surface area contributed by atoms with E-state index in [0.29, 0.717) is 6.07 Å². The maximum atomic E-state index is 13.6. The maximum Gasteiger partial charge on any atom is 0.169 e. The van der Waals surface area contributed by atoms with Crippen LogP contribution in [0.4, 0.5) is 13.2 Å². The number of nitriles is 1. The Morgan fingerprint density at radius 1 is 1.10 bits per heavy atom. The molecule has 0 radical (unpaired) electrons. The molecule has 0 atom stereocenters. The summed E-state index contributed by atoms with van der Waals surface area (Å²) >= 11 is 2.97. The molecule has 0 spiro atoms. The van der Waals surface area contributed by atoms with Gasteiger partial charge < -0.3 is 4.74 Å². The zero-order valence-corrected chi connectivity index (χ0v) is 11.5. The largest absolute Gasteiger partial charge is 0.485 e. The molecule has 0 fully saturated rings. The van der Waals surface area contributed by atoms with Crippen molar-refractivity contribution in [2.45, 2.75) is 6.61 Å². The summed E-state index contributed by atoms with van der Waals surface area (Å²) in [6, 6.07) is 7.40. The highest BCUT2D eigenvalue weighted by atomic mass is 79.9. The SMILES string of the molecule is N#Cc1ccc(COc2c(F)cc(F)cc2Br)c(F)c1. The normalized spacial score (nSPS) is 10.2. The van der Waals surface area contributed by atoms with Crippen molar-refractivity contribution in [2.24, 2.45) is 0 Å². The molecule has 0 N–H and O–H groups in total. The van der Waals surface area contributed by atoms with Gasteiger partial charge in [0.2, 0.25) is 0 Å². The molecule has 0 aliphatic carbocycles. The van der Waals surface area contributed by atoms with Gasteiger partial charge in [0, 0.05) is 11.6 Å². The highest BCUT2D eigenvalue weighted by Gasteiger charge is 2.12. The van der Waals surface area contributed by atoms with Gasteiger partial charge in [-0.2, -0.15) is 5.26 Å². The molecule has 0 saturated heterocycles. The van der Waals surface area contributed by atoms with Crippen LogP contribution < -0.4 is 4.74 Å². The van der Waals surface area contributed by atoms with Crippen molar-refractivity contribution < 1.29 is 17.9 Å². The lowest BCUT2D eigenvalue weighted by atomic mass is 10.1. The molecule has 0 saturated carbocycles. The molecule has 0 unspecified atom stereocenters.